The minimum atomic E-state index is -4.41. The highest BCUT2D eigenvalue weighted by atomic mass is 19.4. The van der Waals surface area contributed by atoms with E-state index < -0.39 is 30.7 Å². The Balaban J connectivity index is 1.78. The molecule has 0 fully saturated rings. The van der Waals surface area contributed by atoms with E-state index in [0.717, 1.165) is 12.1 Å². The lowest BCUT2D eigenvalue weighted by Gasteiger charge is -2.19. The van der Waals surface area contributed by atoms with Crippen molar-refractivity contribution in [3.63, 3.8) is 0 Å². The molecule has 0 aromatic heterocycles. The van der Waals surface area contributed by atoms with E-state index in [2.05, 4.69) is 10.3 Å². The first-order chi connectivity index (χ1) is 12.6. The summed E-state index contributed by atoms with van der Waals surface area (Å²) < 4.78 is 80.5. The molecule has 0 spiro atoms. The Bertz CT molecular complexity index is 827. The highest BCUT2D eigenvalue weighted by Gasteiger charge is 2.30. The van der Waals surface area contributed by atoms with Gasteiger partial charge in [0.05, 0.1) is 18.7 Å². The van der Waals surface area contributed by atoms with E-state index >= 15 is 0 Å². The summed E-state index contributed by atoms with van der Waals surface area (Å²) in [6, 6.07) is 9.53. The molecule has 0 saturated heterocycles. The Morgan fingerprint density at radius 3 is 2.26 bits per heavy atom. The highest BCUT2D eigenvalue weighted by Crippen LogP contribution is 2.32. The summed E-state index contributed by atoms with van der Waals surface area (Å²) in [5, 5.41) is 2.24. The van der Waals surface area contributed by atoms with Crippen LogP contribution in [-0.4, -0.2) is 31.7 Å². The maximum Gasteiger partial charge on any atom is 0.416 e. The van der Waals surface area contributed by atoms with Crippen LogP contribution in [0.1, 0.15) is 11.1 Å². The zero-order chi connectivity index (χ0) is 19.7. The van der Waals surface area contributed by atoms with Crippen molar-refractivity contribution in [3.8, 4) is 16.9 Å². The SMILES string of the molecule is FC(F)(F)CNC1CN=Cc2cc(-c3ccc(C(F)(F)F)cc3)ccc2O1. The number of halogens is 6. The molecule has 1 aliphatic heterocycles. The molecule has 1 heterocycles. The first-order valence-electron chi connectivity index (χ1n) is 7.90. The van der Waals surface area contributed by atoms with Crippen LogP contribution in [0.2, 0.25) is 0 Å². The fraction of sp³-hybridized carbons (Fsp3) is 0.278. The zero-order valence-corrected chi connectivity index (χ0v) is 13.7. The molecule has 1 N–H and O–H groups in total. The number of hydrogen-bond donors (Lipinski definition) is 1. The van der Waals surface area contributed by atoms with Crippen LogP contribution in [0, 0.1) is 0 Å². The predicted octanol–water partition coefficient (Wildman–Crippen LogP) is 4.66. The second kappa shape index (κ2) is 7.22. The lowest BCUT2D eigenvalue weighted by molar-refractivity contribution is -0.137. The molecule has 1 unspecified atom stereocenters. The van der Waals surface area contributed by atoms with Gasteiger partial charge in [0.15, 0.2) is 6.23 Å². The van der Waals surface area contributed by atoms with Gasteiger partial charge < -0.3 is 4.74 Å². The smallest absolute Gasteiger partial charge is 0.416 e. The van der Waals surface area contributed by atoms with Crippen molar-refractivity contribution in [2.24, 2.45) is 4.99 Å². The fourth-order valence-corrected chi connectivity index (χ4v) is 2.56. The summed E-state index contributed by atoms with van der Waals surface area (Å²) >= 11 is 0. The Labute approximate surface area is 150 Å². The Kier molecular flexibility index (Phi) is 5.14. The third-order valence-electron chi connectivity index (χ3n) is 3.86. The van der Waals surface area contributed by atoms with Crippen molar-refractivity contribution in [3.05, 3.63) is 53.6 Å². The van der Waals surface area contributed by atoms with Gasteiger partial charge in [0.25, 0.3) is 0 Å². The van der Waals surface area contributed by atoms with Gasteiger partial charge in [0.1, 0.15) is 5.75 Å². The molecule has 3 nitrogen and oxygen atoms in total. The molecule has 9 heteroatoms. The van der Waals surface area contributed by atoms with E-state index in [1.807, 2.05) is 0 Å². The number of alkyl halides is 6. The van der Waals surface area contributed by atoms with E-state index in [0.29, 0.717) is 22.4 Å². The van der Waals surface area contributed by atoms with Gasteiger partial charge in [-0.3, -0.25) is 10.3 Å². The molecule has 0 amide bonds. The van der Waals surface area contributed by atoms with Gasteiger partial charge in [-0.2, -0.15) is 26.3 Å². The molecule has 0 aliphatic carbocycles. The summed E-state index contributed by atoms with van der Waals surface area (Å²) in [7, 11) is 0. The maximum atomic E-state index is 12.7. The van der Waals surface area contributed by atoms with Crippen molar-refractivity contribution in [1.29, 1.82) is 0 Å². The molecular formula is C18H14F6N2O. The van der Waals surface area contributed by atoms with Crippen LogP contribution in [0.5, 0.6) is 5.75 Å². The monoisotopic (exact) mass is 388 g/mol. The van der Waals surface area contributed by atoms with E-state index in [1.165, 1.54) is 18.3 Å². The molecule has 2 aromatic rings. The average molecular weight is 388 g/mol. The third kappa shape index (κ3) is 5.00. The first-order valence-corrected chi connectivity index (χ1v) is 7.90. The summed E-state index contributed by atoms with van der Waals surface area (Å²) in [5.41, 5.74) is 0.989. The van der Waals surface area contributed by atoms with Gasteiger partial charge in [-0.25, -0.2) is 0 Å². The summed E-state index contributed by atoms with van der Waals surface area (Å²) in [5.74, 6) is 0.339. The first kappa shape index (κ1) is 19.2. The van der Waals surface area contributed by atoms with Gasteiger partial charge >= 0.3 is 12.4 Å². The van der Waals surface area contributed by atoms with E-state index in [4.69, 9.17) is 4.74 Å². The third-order valence-corrected chi connectivity index (χ3v) is 3.86. The summed E-state index contributed by atoms with van der Waals surface area (Å²) in [6.07, 6.45) is -8.24. The minimum absolute atomic E-state index is 0.000370. The van der Waals surface area contributed by atoms with Crippen LogP contribution < -0.4 is 10.1 Å². The van der Waals surface area contributed by atoms with Crippen molar-refractivity contribution < 1.29 is 31.1 Å². The molecule has 0 radical (unpaired) electrons. The molecule has 144 valence electrons. The van der Waals surface area contributed by atoms with Crippen molar-refractivity contribution in [2.45, 2.75) is 18.6 Å². The van der Waals surface area contributed by atoms with Crippen molar-refractivity contribution in [2.75, 3.05) is 13.1 Å². The number of fused-ring (bicyclic) bond motifs is 1. The quantitative estimate of drug-likeness (QED) is 0.776. The molecule has 2 aromatic carbocycles. The van der Waals surface area contributed by atoms with Crippen LogP contribution >= 0.6 is 0 Å². The van der Waals surface area contributed by atoms with Crippen LogP contribution in [0.25, 0.3) is 11.1 Å². The molecule has 27 heavy (non-hydrogen) atoms. The Morgan fingerprint density at radius 2 is 1.63 bits per heavy atom. The van der Waals surface area contributed by atoms with Gasteiger partial charge in [0.2, 0.25) is 0 Å². The van der Waals surface area contributed by atoms with Gasteiger partial charge in [0, 0.05) is 11.8 Å². The standard InChI is InChI=1S/C18H14F6N2O/c19-17(20,21)10-26-16-9-25-8-13-7-12(3-6-15(13)27-16)11-1-4-14(5-2-11)18(22,23)24/h1-8,16,26H,9-10H2. The van der Waals surface area contributed by atoms with Gasteiger partial charge in [-0.05, 0) is 35.4 Å². The number of aliphatic imine (C=N–C) groups is 1. The molecule has 0 bridgehead atoms. The zero-order valence-electron chi connectivity index (χ0n) is 13.7. The molecule has 3 rings (SSSR count). The highest BCUT2D eigenvalue weighted by molar-refractivity contribution is 5.86. The molecule has 0 saturated carbocycles. The van der Waals surface area contributed by atoms with Gasteiger partial charge in [-0.1, -0.05) is 18.2 Å². The van der Waals surface area contributed by atoms with E-state index in [1.54, 1.807) is 18.2 Å². The van der Waals surface area contributed by atoms with Crippen LogP contribution in [0.3, 0.4) is 0 Å². The number of nitrogens with zero attached hydrogens (tertiary/aromatic N) is 1. The second-order valence-corrected chi connectivity index (χ2v) is 5.92. The second-order valence-electron chi connectivity index (χ2n) is 5.92. The van der Waals surface area contributed by atoms with Crippen LogP contribution in [-0.2, 0) is 6.18 Å². The minimum Gasteiger partial charge on any atom is -0.473 e. The topological polar surface area (TPSA) is 33.6 Å². The molecule has 1 atom stereocenters. The number of benzene rings is 2. The average Bonchev–Trinajstić information content (AvgIpc) is 2.80. The maximum absolute atomic E-state index is 12.7. The predicted molar refractivity (Wildman–Crippen MR) is 87.8 cm³/mol. The van der Waals surface area contributed by atoms with Crippen LogP contribution in [0.4, 0.5) is 26.3 Å². The lowest BCUT2D eigenvalue weighted by Crippen LogP contribution is -2.42. The molecule has 1 aliphatic rings. The number of nitrogens with one attached hydrogen (secondary N) is 1. The van der Waals surface area contributed by atoms with Crippen molar-refractivity contribution >= 4 is 6.21 Å². The van der Waals surface area contributed by atoms with E-state index in [-0.39, 0.29) is 6.54 Å². The van der Waals surface area contributed by atoms with Gasteiger partial charge in [-0.15, -0.1) is 0 Å². The molecular weight excluding hydrogens is 374 g/mol. The number of ether oxygens (including phenoxy) is 1. The normalized spacial score (nSPS) is 17.2. The fourth-order valence-electron chi connectivity index (χ4n) is 2.56. The van der Waals surface area contributed by atoms with Crippen molar-refractivity contribution in [1.82, 2.24) is 5.32 Å². The Hall–Kier alpha value is -2.55. The number of hydrogen-bond acceptors (Lipinski definition) is 3. The lowest BCUT2D eigenvalue weighted by atomic mass is 10.0. The number of rotatable bonds is 3. The summed E-state index contributed by atoms with van der Waals surface area (Å²) in [6.45, 7) is -1.20. The largest absolute Gasteiger partial charge is 0.473 e. The van der Waals surface area contributed by atoms with E-state index in [9.17, 15) is 26.3 Å². The Morgan fingerprint density at radius 1 is 0.963 bits per heavy atom. The summed E-state index contributed by atoms with van der Waals surface area (Å²) in [4.78, 5) is 4.05. The van der Waals surface area contributed by atoms with Crippen LogP contribution in [0.15, 0.2) is 47.5 Å².